The highest BCUT2D eigenvalue weighted by molar-refractivity contribution is 7.85. The highest BCUT2D eigenvalue weighted by Gasteiger charge is 2.36. The second kappa shape index (κ2) is 6.30. The Morgan fingerprint density at radius 2 is 1.90 bits per heavy atom. The van der Waals surface area contributed by atoms with Crippen molar-refractivity contribution in [3.8, 4) is 0 Å². The van der Waals surface area contributed by atoms with Gasteiger partial charge in [-0.2, -0.15) is 0 Å². The fourth-order valence-electron chi connectivity index (χ4n) is 2.99. The molecular weight excluding hydrogens is 302 g/mol. The molecule has 21 heavy (non-hydrogen) atoms. The molecule has 1 N–H and O–H groups in total. The highest BCUT2D eigenvalue weighted by atomic mass is 35.5. The zero-order valence-corrected chi connectivity index (χ0v) is 13.5. The number of hydrogen-bond donors (Lipinski definition) is 1. The van der Waals surface area contributed by atoms with Gasteiger partial charge in [-0.3, -0.25) is 4.21 Å². The molecule has 2 aromatic rings. The Bertz CT molecular complexity index is 673. The van der Waals surface area contributed by atoms with Crippen molar-refractivity contribution in [2.45, 2.75) is 29.5 Å². The lowest BCUT2D eigenvalue weighted by Gasteiger charge is -2.21. The maximum Gasteiger partial charge on any atom is 0.0630 e. The number of fused-ring (bicyclic) bond motifs is 1. The molecule has 3 unspecified atom stereocenters. The van der Waals surface area contributed by atoms with E-state index in [2.05, 4.69) is 24.4 Å². The average Bonchev–Trinajstić information content (AvgIpc) is 2.87. The van der Waals surface area contributed by atoms with Gasteiger partial charge in [0, 0.05) is 6.04 Å². The topological polar surface area (TPSA) is 29.1 Å². The Balaban J connectivity index is 1.96. The third-order valence-electron chi connectivity index (χ3n) is 3.94. The summed E-state index contributed by atoms with van der Waals surface area (Å²) >= 11 is 6.22. The molecule has 0 saturated carbocycles. The molecule has 0 radical (unpaired) electrons. The predicted octanol–water partition coefficient (Wildman–Crippen LogP) is 3.72. The van der Waals surface area contributed by atoms with Gasteiger partial charge in [0.1, 0.15) is 0 Å². The van der Waals surface area contributed by atoms with E-state index in [1.807, 2.05) is 30.3 Å². The molecule has 0 bridgehead atoms. The van der Waals surface area contributed by atoms with E-state index < -0.39 is 10.8 Å². The van der Waals surface area contributed by atoms with E-state index in [1.165, 1.54) is 11.1 Å². The Hall–Kier alpha value is -1.16. The van der Waals surface area contributed by atoms with E-state index in [4.69, 9.17) is 11.6 Å². The van der Waals surface area contributed by atoms with Gasteiger partial charge in [0.25, 0.3) is 0 Å². The van der Waals surface area contributed by atoms with E-state index >= 15 is 0 Å². The molecule has 0 fully saturated rings. The van der Waals surface area contributed by atoms with Crippen LogP contribution in [-0.4, -0.2) is 16.0 Å². The number of nitrogens with one attached hydrogen (secondary N) is 1. The summed E-state index contributed by atoms with van der Waals surface area (Å²) in [6.07, 6.45) is 0.825. The quantitative estimate of drug-likeness (QED) is 0.930. The molecule has 110 valence electrons. The Labute approximate surface area is 133 Å². The molecule has 3 rings (SSSR count). The molecule has 2 nitrogen and oxygen atoms in total. The summed E-state index contributed by atoms with van der Waals surface area (Å²) < 4.78 is 13.0. The lowest BCUT2D eigenvalue weighted by molar-refractivity contribution is 0.546. The SMILES string of the molecule is CCNC1c2ccccc2CC1S(=O)c1ccccc1Cl. The van der Waals surface area contributed by atoms with Gasteiger partial charge in [-0.15, -0.1) is 0 Å². The number of benzene rings is 2. The third-order valence-corrected chi connectivity index (χ3v) is 6.16. The van der Waals surface area contributed by atoms with Gasteiger partial charge >= 0.3 is 0 Å². The molecular formula is C17H18ClNOS. The Morgan fingerprint density at radius 1 is 1.19 bits per heavy atom. The van der Waals surface area contributed by atoms with Crippen molar-refractivity contribution in [2.75, 3.05) is 6.54 Å². The van der Waals surface area contributed by atoms with Crippen molar-refractivity contribution in [1.82, 2.24) is 5.32 Å². The van der Waals surface area contributed by atoms with Crippen molar-refractivity contribution in [3.63, 3.8) is 0 Å². The van der Waals surface area contributed by atoms with Crippen LogP contribution in [0.15, 0.2) is 53.4 Å². The summed E-state index contributed by atoms with van der Waals surface area (Å²) in [6, 6.07) is 15.9. The molecule has 3 atom stereocenters. The second-order valence-electron chi connectivity index (χ2n) is 5.20. The molecule has 0 aromatic heterocycles. The molecule has 0 amide bonds. The molecule has 0 heterocycles. The van der Waals surface area contributed by atoms with Crippen molar-refractivity contribution in [3.05, 3.63) is 64.7 Å². The number of rotatable bonds is 4. The molecule has 0 spiro atoms. The third kappa shape index (κ3) is 2.78. The standard InChI is InChI=1S/C17H18ClNOS/c1-2-19-17-13-8-4-3-7-12(13)11-16(17)21(20)15-10-6-5-9-14(15)18/h3-10,16-17,19H,2,11H2,1H3. The van der Waals surface area contributed by atoms with Gasteiger partial charge in [-0.05, 0) is 36.2 Å². The Morgan fingerprint density at radius 3 is 2.67 bits per heavy atom. The van der Waals surface area contributed by atoms with Crippen molar-refractivity contribution < 1.29 is 4.21 Å². The molecule has 2 aromatic carbocycles. The van der Waals surface area contributed by atoms with Crippen LogP contribution in [0.2, 0.25) is 5.02 Å². The number of halogens is 1. The van der Waals surface area contributed by atoms with Crippen LogP contribution >= 0.6 is 11.6 Å². The minimum atomic E-state index is -1.12. The molecule has 1 aliphatic rings. The number of hydrogen-bond acceptors (Lipinski definition) is 2. The van der Waals surface area contributed by atoms with E-state index in [-0.39, 0.29) is 11.3 Å². The summed E-state index contributed by atoms with van der Waals surface area (Å²) in [6.45, 7) is 2.94. The lowest BCUT2D eigenvalue weighted by Crippen LogP contribution is -2.32. The van der Waals surface area contributed by atoms with Crippen LogP contribution in [0.4, 0.5) is 0 Å². The monoisotopic (exact) mass is 319 g/mol. The minimum absolute atomic E-state index is 0.0299. The van der Waals surface area contributed by atoms with Crippen molar-refractivity contribution >= 4 is 22.4 Å². The predicted molar refractivity (Wildman–Crippen MR) is 88.2 cm³/mol. The Kier molecular flexibility index (Phi) is 4.43. The summed E-state index contributed by atoms with van der Waals surface area (Å²) in [7, 11) is -1.12. The van der Waals surface area contributed by atoms with Crippen LogP contribution in [0.1, 0.15) is 24.1 Å². The summed E-state index contributed by atoms with van der Waals surface area (Å²) in [5.41, 5.74) is 2.55. The summed E-state index contributed by atoms with van der Waals surface area (Å²) in [5, 5.41) is 4.10. The zero-order chi connectivity index (χ0) is 14.8. The molecule has 4 heteroatoms. The van der Waals surface area contributed by atoms with Crippen LogP contribution in [-0.2, 0) is 17.2 Å². The average molecular weight is 320 g/mol. The largest absolute Gasteiger partial charge is 0.309 e. The first kappa shape index (κ1) is 14.8. The second-order valence-corrected chi connectivity index (χ2v) is 7.25. The van der Waals surface area contributed by atoms with Gasteiger partial charge in [0.2, 0.25) is 0 Å². The summed E-state index contributed by atoms with van der Waals surface area (Å²) in [4.78, 5) is 0.736. The first-order valence-electron chi connectivity index (χ1n) is 7.18. The molecule has 0 aliphatic heterocycles. The molecule has 1 aliphatic carbocycles. The van der Waals surface area contributed by atoms with Gasteiger partial charge in [0.05, 0.1) is 26.0 Å². The first-order chi connectivity index (χ1) is 10.2. The van der Waals surface area contributed by atoms with Crippen LogP contribution in [0.3, 0.4) is 0 Å². The fourth-order valence-corrected chi connectivity index (χ4v) is 4.97. The van der Waals surface area contributed by atoms with Crippen LogP contribution in [0.5, 0.6) is 0 Å². The first-order valence-corrected chi connectivity index (χ1v) is 8.77. The van der Waals surface area contributed by atoms with E-state index in [0.29, 0.717) is 5.02 Å². The van der Waals surface area contributed by atoms with Gasteiger partial charge in [-0.1, -0.05) is 54.9 Å². The van der Waals surface area contributed by atoms with Crippen LogP contribution in [0.25, 0.3) is 0 Å². The molecule has 0 saturated heterocycles. The van der Waals surface area contributed by atoms with Crippen LogP contribution in [0, 0.1) is 0 Å². The summed E-state index contributed by atoms with van der Waals surface area (Å²) in [5.74, 6) is 0. The van der Waals surface area contributed by atoms with E-state index in [1.54, 1.807) is 6.07 Å². The smallest absolute Gasteiger partial charge is 0.0630 e. The van der Waals surface area contributed by atoms with Gasteiger partial charge < -0.3 is 5.32 Å². The van der Waals surface area contributed by atoms with Gasteiger partial charge in [-0.25, -0.2) is 0 Å². The van der Waals surface area contributed by atoms with Crippen molar-refractivity contribution in [2.24, 2.45) is 0 Å². The maximum absolute atomic E-state index is 13.0. The van der Waals surface area contributed by atoms with Crippen LogP contribution < -0.4 is 5.32 Å². The van der Waals surface area contributed by atoms with E-state index in [9.17, 15) is 4.21 Å². The highest BCUT2D eigenvalue weighted by Crippen LogP contribution is 2.37. The van der Waals surface area contributed by atoms with Gasteiger partial charge in [0.15, 0.2) is 0 Å². The zero-order valence-electron chi connectivity index (χ0n) is 11.9. The fraction of sp³-hybridized carbons (Fsp3) is 0.294. The normalized spacial score (nSPS) is 22.0. The maximum atomic E-state index is 13.0. The lowest BCUT2D eigenvalue weighted by atomic mass is 10.1. The van der Waals surface area contributed by atoms with Crippen molar-refractivity contribution in [1.29, 1.82) is 0 Å². The van der Waals surface area contributed by atoms with E-state index in [0.717, 1.165) is 17.9 Å². The minimum Gasteiger partial charge on any atom is -0.309 e.